The van der Waals surface area contributed by atoms with Crippen LogP contribution in [0.4, 0.5) is 0 Å². The fourth-order valence-corrected chi connectivity index (χ4v) is 16.5. The number of benzene rings is 4. The van der Waals surface area contributed by atoms with Crippen molar-refractivity contribution in [2.45, 2.75) is 233 Å². The van der Waals surface area contributed by atoms with Crippen LogP contribution in [-0.4, -0.2) is 0 Å². The van der Waals surface area contributed by atoms with Crippen LogP contribution in [0.25, 0.3) is 0 Å². The SMILES string of the molecule is CCCCCCCCCc1ccccc1[O][Ti](=[O])([O]c1ccccc1CCCCCCCCC)([c]1ccccc1CCCCCCCCC)[c]1ccccc1CCCCCCCCC. The van der Waals surface area contributed by atoms with Crippen molar-refractivity contribution >= 4 is 7.74 Å². The van der Waals surface area contributed by atoms with Crippen LogP contribution in [0.3, 0.4) is 0 Å². The minimum atomic E-state index is -6.37. The third kappa shape index (κ3) is 18.0. The number of hydrogen-bond acceptors (Lipinski definition) is 3. The molecule has 4 rings (SSSR count). The van der Waals surface area contributed by atoms with E-state index in [2.05, 4.69) is 125 Å². The summed E-state index contributed by atoms with van der Waals surface area (Å²) in [4.78, 5) is 0. The monoisotopic (exact) mass is 909 g/mol. The normalized spacial score (nSPS) is 11.9. The van der Waals surface area contributed by atoms with E-state index >= 15 is 3.32 Å². The summed E-state index contributed by atoms with van der Waals surface area (Å²) in [5, 5.41) is 0. The second-order valence-electron chi connectivity index (χ2n) is 19.2. The quantitative estimate of drug-likeness (QED) is 0.0332. The Labute approximate surface area is 395 Å². The maximum atomic E-state index is 18.1. The van der Waals surface area contributed by atoms with Gasteiger partial charge in [-0.1, -0.05) is 0 Å². The standard InChI is InChI=1S/2C15H24O.2C15H23.O.Ti/c2*1-2-3-4-5-6-7-8-11-14-12-9-10-13-15(14)16;2*1-2-3-4-5-6-7-9-12-15-13-10-8-11-14-15;;/h2*9-10,12-13,16H,2-8,11H2,1H3;2*8,10-11,13H,2-7,9,12H2,1H3;;/q;;;;;+2/p-2. The Kier molecular flexibility index (Phi) is 26.7. The number of para-hydroxylation sites is 2. The average Bonchev–Trinajstić information content (AvgIpc) is 3.31. The molecule has 3 nitrogen and oxygen atoms in total. The van der Waals surface area contributed by atoms with Gasteiger partial charge in [-0.2, -0.15) is 0 Å². The van der Waals surface area contributed by atoms with Crippen LogP contribution >= 0.6 is 0 Å². The molecule has 0 aliphatic carbocycles. The van der Waals surface area contributed by atoms with Crippen LogP contribution in [0.5, 0.6) is 11.5 Å². The first kappa shape index (κ1) is 53.6. The zero-order valence-corrected chi connectivity index (χ0v) is 43.2. The van der Waals surface area contributed by atoms with Gasteiger partial charge in [0.15, 0.2) is 0 Å². The van der Waals surface area contributed by atoms with Crippen LogP contribution in [0.15, 0.2) is 97.1 Å². The van der Waals surface area contributed by atoms with E-state index in [9.17, 15) is 0 Å². The van der Waals surface area contributed by atoms with Gasteiger partial charge in [-0.3, -0.25) is 0 Å². The van der Waals surface area contributed by atoms with Gasteiger partial charge in [0.05, 0.1) is 0 Å². The van der Waals surface area contributed by atoms with E-state index in [1.165, 1.54) is 154 Å². The second kappa shape index (κ2) is 31.8. The van der Waals surface area contributed by atoms with E-state index in [0.29, 0.717) is 11.5 Å². The van der Waals surface area contributed by atoms with Gasteiger partial charge in [0, 0.05) is 0 Å². The Morgan fingerprint density at radius 2 is 0.531 bits per heavy atom. The zero-order chi connectivity index (χ0) is 45.4. The third-order valence-corrected chi connectivity index (χ3v) is 20.0. The number of aryl methyl sites for hydroxylation is 4. The van der Waals surface area contributed by atoms with Crippen LogP contribution in [-0.2, 0) is 45.1 Å². The predicted octanol–water partition coefficient (Wildman–Crippen LogP) is 17.8. The van der Waals surface area contributed by atoms with Gasteiger partial charge in [-0.25, -0.2) is 0 Å². The van der Waals surface area contributed by atoms with E-state index in [4.69, 9.17) is 6.64 Å². The molecule has 0 aliphatic rings. The van der Waals surface area contributed by atoms with Gasteiger partial charge in [0.2, 0.25) is 0 Å². The molecule has 0 radical (unpaired) electrons. The number of rotatable bonds is 38. The molecule has 0 N–H and O–H groups in total. The second-order valence-corrected chi connectivity index (χ2v) is 24.6. The molecular weight excluding hydrogens is 817 g/mol. The van der Waals surface area contributed by atoms with Crippen molar-refractivity contribution in [3.63, 3.8) is 0 Å². The van der Waals surface area contributed by atoms with Crippen LogP contribution in [0.1, 0.15) is 230 Å². The molecule has 354 valence electrons. The molecule has 0 saturated heterocycles. The first-order chi connectivity index (χ1) is 31.5. The summed E-state index contributed by atoms with van der Waals surface area (Å²) < 4.78 is 35.0. The summed E-state index contributed by atoms with van der Waals surface area (Å²) in [6, 6.07) is 34.0. The molecule has 0 spiro atoms. The van der Waals surface area contributed by atoms with E-state index in [1.807, 2.05) is 0 Å². The summed E-state index contributed by atoms with van der Waals surface area (Å²) in [6.45, 7) is 9.13. The topological polar surface area (TPSA) is 35.5 Å². The maximum absolute atomic E-state index is 18.1. The summed E-state index contributed by atoms with van der Waals surface area (Å²) in [5.41, 5.74) is 4.44. The van der Waals surface area contributed by atoms with E-state index < -0.39 is 16.1 Å². The first-order valence-corrected chi connectivity index (χ1v) is 30.5. The molecule has 4 heteroatoms. The summed E-state index contributed by atoms with van der Waals surface area (Å²) >= 11 is -6.37. The number of hydrogen-bond donors (Lipinski definition) is 0. The molecular formula is C60H92O3Ti. The summed E-state index contributed by atoms with van der Waals surface area (Å²) in [6.07, 6.45) is 38.1. The molecule has 0 heterocycles. The van der Waals surface area contributed by atoms with Crippen molar-refractivity contribution in [2.24, 2.45) is 0 Å². The Morgan fingerprint density at radius 3 is 0.844 bits per heavy atom. The molecule has 0 aromatic heterocycles. The van der Waals surface area contributed by atoms with Gasteiger partial charge in [-0.05, 0) is 0 Å². The minimum absolute atomic E-state index is 0.710. The van der Waals surface area contributed by atoms with Gasteiger partial charge in [-0.15, -0.1) is 0 Å². The molecule has 4 aromatic rings. The van der Waals surface area contributed by atoms with Crippen LogP contribution < -0.4 is 14.4 Å². The van der Waals surface area contributed by atoms with Crippen molar-refractivity contribution in [3.05, 3.63) is 119 Å². The predicted molar refractivity (Wildman–Crippen MR) is 274 cm³/mol. The molecule has 0 aliphatic heterocycles. The molecule has 0 atom stereocenters. The van der Waals surface area contributed by atoms with Crippen molar-refractivity contribution < 1.29 is 26.0 Å². The Hall–Kier alpha value is -3.01. The Bertz CT molecular complexity index is 1740. The Balaban J connectivity index is 1.85. The van der Waals surface area contributed by atoms with E-state index in [0.717, 1.165) is 81.4 Å². The number of unbranched alkanes of at least 4 members (excludes halogenated alkanes) is 24. The van der Waals surface area contributed by atoms with E-state index in [-0.39, 0.29) is 0 Å². The Morgan fingerprint density at radius 1 is 0.297 bits per heavy atom. The zero-order valence-electron chi connectivity index (χ0n) is 41.6. The fraction of sp³-hybridized carbons (Fsp3) is 0.600. The molecule has 0 saturated carbocycles. The van der Waals surface area contributed by atoms with Crippen molar-refractivity contribution in [1.82, 2.24) is 0 Å². The van der Waals surface area contributed by atoms with Crippen molar-refractivity contribution in [2.75, 3.05) is 0 Å². The molecule has 64 heavy (non-hydrogen) atoms. The molecule has 4 aromatic carbocycles. The summed E-state index contributed by atoms with van der Waals surface area (Å²) in [5.74, 6) is 1.42. The molecule has 0 amide bonds. The molecule has 0 bridgehead atoms. The molecule has 0 unspecified atom stereocenters. The van der Waals surface area contributed by atoms with E-state index in [1.54, 1.807) is 0 Å². The van der Waals surface area contributed by atoms with Gasteiger partial charge < -0.3 is 0 Å². The average molecular weight is 909 g/mol. The van der Waals surface area contributed by atoms with Crippen LogP contribution in [0.2, 0.25) is 0 Å². The summed E-state index contributed by atoms with van der Waals surface area (Å²) in [7, 11) is 0. The fourth-order valence-electron chi connectivity index (χ4n) is 9.81. The van der Waals surface area contributed by atoms with Gasteiger partial charge in [0.25, 0.3) is 0 Å². The van der Waals surface area contributed by atoms with Crippen LogP contribution in [0, 0.1) is 0 Å². The molecule has 0 fully saturated rings. The first-order valence-electron chi connectivity index (χ1n) is 27.1. The van der Waals surface area contributed by atoms with Crippen molar-refractivity contribution in [1.29, 1.82) is 0 Å². The third-order valence-electron chi connectivity index (χ3n) is 13.7. The van der Waals surface area contributed by atoms with Gasteiger partial charge in [0.1, 0.15) is 0 Å². The van der Waals surface area contributed by atoms with Gasteiger partial charge >= 0.3 is 398 Å². The van der Waals surface area contributed by atoms with Crippen molar-refractivity contribution in [3.8, 4) is 11.5 Å².